The number of piperidine rings is 1. The molecule has 82 valence electrons. The highest BCUT2D eigenvalue weighted by Crippen LogP contribution is 2.22. The summed E-state index contributed by atoms with van der Waals surface area (Å²) >= 11 is 2.43. The zero-order valence-corrected chi connectivity index (χ0v) is 10.9. The van der Waals surface area contributed by atoms with Gasteiger partial charge in [-0.3, -0.25) is 4.90 Å². The summed E-state index contributed by atoms with van der Waals surface area (Å²) < 4.78 is 7.87. The Morgan fingerprint density at radius 2 is 1.93 bits per heavy atom. The van der Waals surface area contributed by atoms with Gasteiger partial charge in [-0.25, -0.2) is 3.11 Å². The van der Waals surface area contributed by atoms with E-state index in [2.05, 4.69) is 37.8 Å². The highest BCUT2D eigenvalue weighted by Gasteiger charge is 2.28. The Kier molecular flexibility index (Phi) is 4.04. The third-order valence-electron chi connectivity index (χ3n) is 3.30. The van der Waals surface area contributed by atoms with Crippen LogP contribution in [0.4, 0.5) is 0 Å². The molecule has 3 nitrogen and oxygen atoms in total. The van der Waals surface area contributed by atoms with Gasteiger partial charge in [0.15, 0.2) is 0 Å². The van der Waals surface area contributed by atoms with Gasteiger partial charge >= 0.3 is 0 Å². The number of halogens is 1. The maximum atomic E-state index is 5.47. The normalized spacial score (nSPS) is 33.4. The number of hydrogen-bond donors (Lipinski definition) is 0. The molecule has 2 heterocycles. The zero-order chi connectivity index (χ0) is 9.97. The van der Waals surface area contributed by atoms with Crippen LogP contribution in [0.15, 0.2) is 0 Å². The smallest absolute Gasteiger partial charge is 0.0619 e. The minimum atomic E-state index is 0.620. The highest BCUT2D eigenvalue weighted by atomic mass is 127. The molecule has 2 fully saturated rings. The van der Waals surface area contributed by atoms with Crippen molar-refractivity contribution >= 4 is 22.9 Å². The van der Waals surface area contributed by atoms with E-state index in [1.54, 1.807) is 0 Å². The molecule has 0 bridgehead atoms. The van der Waals surface area contributed by atoms with Crippen molar-refractivity contribution in [1.82, 2.24) is 8.01 Å². The molecule has 2 aliphatic heterocycles. The number of morpholine rings is 1. The maximum Gasteiger partial charge on any atom is 0.0619 e. The van der Waals surface area contributed by atoms with Crippen LogP contribution in [-0.2, 0) is 4.74 Å². The minimum Gasteiger partial charge on any atom is -0.379 e. The van der Waals surface area contributed by atoms with Gasteiger partial charge in [-0.1, -0.05) is 0 Å². The van der Waals surface area contributed by atoms with E-state index in [0.29, 0.717) is 6.04 Å². The Balaban J connectivity index is 1.87. The maximum absolute atomic E-state index is 5.47. The summed E-state index contributed by atoms with van der Waals surface area (Å²) in [6.45, 7) is 7.76. The second kappa shape index (κ2) is 5.09. The van der Waals surface area contributed by atoms with E-state index in [1.165, 1.54) is 25.9 Å². The van der Waals surface area contributed by atoms with E-state index in [-0.39, 0.29) is 0 Å². The molecule has 2 rings (SSSR count). The molecule has 0 N–H and O–H groups in total. The average molecular weight is 310 g/mol. The molecular weight excluding hydrogens is 291 g/mol. The van der Waals surface area contributed by atoms with Gasteiger partial charge in [0.2, 0.25) is 0 Å². The van der Waals surface area contributed by atoms with Crippen LogP contribution in [0.1, 0.15) is 19.8 Å². The molecule has 0 spiro atoms. The van der Waals surface area contributed by atoms with Gasteiger partial charge in [0, 0.05) is 54.6 Å². The van der Waals surface area contributed by atoms with E-state index < -0.39 is 0 Å². The number of ether oxygens (including phenoxy) is 1. The third kappa shape index (κ3) is 2.59. The molecule has 0 amide bonds. The van der Waals surface area contributed by atoms with Crippen molar-refractivity contribution < 1.29 is 4.74 Å². The van der Waals surface area contributed by atoms with Crippen LogP contribution in [0.5, 0.6) is 0 Å². The van der Waals surface area contributed by atoms with Crippen LogP contribution >= 0.6 is 22.9 Å². The van der Waals surface area contributed by atoms with E-state index in [9.17, 15) is 0 Å². The first kappa shape index (κ1) is 11.1. The lowest BCUT2D eigenvalue weighted by atomic mass is 10.0. The predicted molar refractivity (Wildman–Crippen MR) is 65.6 cm³/mol. The lowest BCUT2D eigenvalue weighted by molar-refractivity contribution is -0.0300. The van der Waals surface area contributed by atoms with Crippen molar-refractivity contribution in [3.8, 4) is 0 Å². The molecule has 1 atom stereocenters. The Labute approximate surface area is 100 Å². The van der Waals surface area contributed by atoms with Crippen LogP contribution in [0.25, 0.3) is 0 Å². The van der Waals surface area contributed by atoms with Crippen molar-refractivity contribution in [1.29, 1.82) is 0 Å². The standard InChI is InChI=1S/C10H19IN2O/c1-9-8-14-7-6-13(9)10-2-4-12(11)5-3-10/h9-10H,2-8H2,1H3/t9-/m0/s1. The molecule has 2 aliphatic rings. The molecule has 4 heteroatoms. The number of rotatable bonds is 1. The third-order valence-corrected chi connectivity index (χ3v) is 4.26. The molecule has 14 heavy (non-hydrogen) atoms. The summed E-state index contributed by atoms with van der Waals surface area (Å²) in [7, 11) is 0. The zero-order valence-electron chi connectivity index (χ0n) is 8.79. The fraction of sp³-hybridized carbons (Fsp3) is 1.00. The van der Waals surface area contributed by atoms with E-state index in [0.717, 1.165) is 25.8 Å². The largest absolute Gasteiger partial charge is 0.379 e. The fourth-order valence-corrected chi connectivity index (χ4v) is 3.01. The van der Waals surface area contributed by atoms with Gasteiger partial charge in [0.05, 0.1) is 13.2 Å². The molecule has 0 aromatic rings. The summed E-state index contributed by atoms with van der Waals surface area (Å²) in [4.78, 5) is 2.65. The first-order valence-electron chi connectivity index (χ1n) is 5.51. The Morgan fingerprint density at radius 3 is 2.57 bits per heavy atom. The summed E-state index contributed by atoms with van der Waals surface area (Å²) in [5.74, 6) is 0. The van der Waals surface area contributed by atoms with Crippen LogP contribution in [0, 0.1) is 0 Å². The van der Waals surface area contributed by atoms with Gasteiger partial charge in [-0.15, -0.1) is 0 Å². The molecule has 0 aromatic carbocycles. The van der Waals surface area contributed by atoms with Crippen molar-refractivity contribution in [2.45, 2.75) is 31.8 Å². The summed E-state index contributed by atoms with van der Waals surface area (Å²) in [6.07, 6.45) is 2.65. The Hall–Kier alpha value is 0.610. The van der Waals surface area contributed by atoms with Crippen LogP contribution in [0.2, 0.25) is 0 Å². The first-order valence-corrected chi connectivity index (χ1v) is 6.48. The van der Waals surface area contributed by atoms with E-state index in [4.69, 9.17) is 4.74 Å². The Bertz CT molecular complexity index is 183. The van der Waals surface area contributed by atoms with Crippen LogP contribution in [0.3, 0.4) is 0 Å². The average Bonchev–Trinajstić information content (AvgIpc) is 2.20. The quantitative estimate of drug-likeness (QED) is 0.539. The fourth-order valence-electron chi connectivity index (χ4n) is 2.45. The molecule has 2 saturated heterocycles. The molecule has 0 radical (unpaired) electrons. The topological polar surface area (TPSA) is 15.7 Å². The first-order chi connectivity index (χ1) is 6.77. The SMILES string of the molecule is C[C@H]1COCCN1C1CCN(I)CC1. The van der Waals surface area contributed by atoms with Gasteiger partial charge in [0.25, 0.3) is 0 Å². The van der Waals surface area contributed by atoms with E-state index >= 15 is 0 Å². The summed E-state index contributed by atoms with van der Waals surface area (Å²) in [6, 6.07) is 1.43. The lowest BCUT2D eigenvalue weighted by Crippen LogP contribution is -2.52. The molecule has 0 aliphatic carbocycles. The van der Waals surface area contributed by atoms with E-state index in [1.807, 2.05) is 0 Å². The van der Waals surface area contributed by atoms with Gasteiger partial charge in [-0.2, -0.15) is 0 Å². The predicted octanol–water partition coefficient (Wildman–Crippen LogP) is 1.52. The van der Waals surface area contributed by atoms with Crippen LogP contribution < -0.4 is 0 Å². The highest BCUT2D eigenvalue weighted by molar-refractivity contribution is 14.1. The van der Waals surface area contributed by atoms with Crippen molar-refractivity contribution in [2.75, 3.05) is 32.8 Å². The Morgan fingerprint density at radius 1 is 1.21 bits per heavy atom. The summed E-state index contributed by atoms with van der Waals surface area (Å²) in [5, 5.41) is 0. The van der Waals surface area contributed by atoms with Crippen molar-refractivity contribution in [3.05, 3.63) is 0 Å². The molecule has 0 saturated carbocycles. The van der Waals surface area contributed by atoms with Gasteiger partial charge < -0.3 is 4.74 Å². The van der Waals surface area contributed by atoms with Crippen molar-refractivity contribution in [2.24, 2.45) is 0 Å². The molecule has 0 aromatic heterocycles. The van der Waals surface area contributed by atoms with Crippen molar-refractivity contribution in [3.63, 3.8) is 0 Å². The lowest BCUT2D eigenvalue weighted by Gasteiger charge is -2.42. The van der Waals surface area contributed by atoms with Gasteiger partial charge in [-0.05, 0) is 19.8 Å². The summed E-state index contributed by atoms with van der Waals surface area (Å²) in [5.41, 5.74) is 0. The minimum absolute atomic E-state index is 0.620. The number of nitrogens with zero attached hydrogens (tertiary/aromatic N) is 2. The number of hydrogen-bond acceptors (Lipinski definition) is 3. The monoisotopic (exact) mass is 310 g/mol. The van der Waals surface area contributed by atoms with Gasteiger partial charge in [0.1, 0.15) is 0 Å². The molecular formula is C10H19IN2O. The molecule has 0 unspecified atom stereocenters. The second-order valence-electron chi connectivity index (χ2n) is 4.30. The second-order valence-corrected chi connectivity index (χ2v) is 5.67. The van der Waals surface area contributed by atoms with Crippen LogP contribution in [-0.4, -0.2) is 52.9 Å².